The second kappa shape index (κ2) is 4.70. The second-order valence-corrected chi connectivity index (χ2v) is 4.18. The number of ether oxygens (including phenoxy) is 1. The zero-order valence-electron chi connectivity index (χ0n) is 9.02. The predicted octanol–water partition coefficient (Wildman–Crippen LogP) is 1.73. The molecule has 0 aromatic carbocycles. The summed E-state index contributed by atoms with van der Waals surface area (Å²) in [5.74, 6) is -0.167. The number of nitrogens with zero attached hydrogens (tertiary/aromatic N) is 2. The van der Waals surface area contributed by atoms with E-state index in [0.29, 0.717) is 11.7 Å². The summed E-state index contributed by atoms with van der Waals surface area (Å²) in [7, 11) is 1.42. The van der Waals surface area contributed by atoms with Crippen LogP contribution in [0.2, 0.25) is 5.15 Å². The molecular weight excluding hydrogens is 228 g/mol. The van der Waals surface area contributed by atoms with Gasteiger partial charge in [0.2, 0.25) is 0 Å². The number of carbonyl (C=O) groups excluding carboxylic acids is 1. The summed E-state index contributed by atoms with van der Waals surface area (Å²) in [5, 5.41) is 0.471. The summed E-state index contributed by atoms with van der Waals surface area (Å²) in [6, 6.07) is 3.70. The molecule has 5 heteroatoms. The van der Waals surface area contributed by atoms with Crippen molar-refractivity contribution in [2.75, 3.05) is 25.1 Å². The molecule has 0 N–H and O–H groups in total. The average molecular weight is 241 g/mol. The fraction of sp³-hybridized carbons (Fsp3) is 0.455. The van der Waals surface area contributed by atoms with Gasteiger partial charge in [0, 0.05) is 25.0 Å². The summed E-state index contributed by atoms with van der Waals surface area (Å²) < 4.78 is 4.74. The minimum absolute atomic E-state index is 0.0306. The minimum Gasteiger partial charge on any atom is -0.469 e. The van der Waals surface area contributed by atoms with E-state index in [1.807, 2.05) is 6.07 Å². The molecule has 0 amide bonds. The lowest BCUT2D eigenvalue weighted by Gasteiger charge is -2.17. The first-order valence-electron chi connectivity index (χ1n) is 5.15. The molecule has 0 unspecified atom stereocenters. The van der Waals surface area contributed by atoms with Gasteiger partial charge in [0.05, 0.1) is 13.0 Å². The van der Waals surface area contributed by atoms with Crippen LogP contribution < -0.4 is 4.90 Å². The van der Waals surface area contributed by atoms with Gasteiger partial charge in [-0.1, -0.05) is 11.6 Å². The normalized spacial score (nSPS) is 19.9. The largest absolute Gasteiger partial charge is 0.469 e. The van der Waals surface area contributed by atoms with Crippen LogP contribution >= 0.6 is 11.6 Å². The van der Waals surface area contributed by atoms with Gasteiger partial charge in [-0.05, 0) is 18.6 Å². The van der Waals surface area contributed by atoms with Crippen LogP contribution in [0.1, 0.15) is 6.42 Å². The maximum atomic E-state index is 11.4. The van der Waals surface area contributed by atoms with E-state index in [1.165, 1.54) is 7.11 Å². The molecule has 0 spiro atoms. The van der Waals surface area contributed by atoms with E-state index in [9.17, 15) is 4.79 Å². The van der Waals surface area contributed by atoms with Crippen molar-refractivity contribution in [3.05, 3.63) is 23.5 Å². The molecule has 1 fully saturated rings. The number of pyridine rings is 1. The van der Waals surface area contributed by atoms with Gasteiger partial charge in [-0.25, -0.2) is 4.98 Å². The number of anilines is 1. The molecule has 1 aromatic rings. The van der Waals surface area contributed by atoms with Crippen molar-refractivity contribution in [2.45, 2.75) is 6.42 Å². The Hall–Kier alpha value is -1.29. The van der Waals surface area contributed by atoms with Crippen LogP contribution in [0.3, 0.4) is 0 Å². The fourth-order valence-electron chi connectivity index (χ4n) is 1.94. The van der Waals surface area contributed by atoms with E-state index in [4.69, 9.17) is 16.3 Å². The maximum Gasteiger partial charge on any atom is 0.310 e. The van der Waals surface area contributed by atoms with Gasteiger partial charge in [0.1, 0.15) is 5.15 Å². The Bertz CT molecular complexity index is 397. The fourth-order valence-corrected chi connectivity index (χ4v) is 2.11. The van der Waals surface area contributed by atoms with E-state index >= 15 is 0 Å². The van der Waals surface area contributed by atoms with Crippen molar-refractivity contribution >= 4 is 23.3 Å². The molecule has 2 heterocycles. The monoisotopic (exact) mass is 240 g/mol. The third-order valence-corrected chi connectivity index (χ3v) is 3.00. The van der Waals surface area contributed by atoms with Crippen LogP contribution in [0.15, 0.2) is 18.3 Å². The molecular formula is C11H13ClN2O2. The Balaban J connectivity index is 2.06. The molecule has 0 bridgehead atoms. The average Bonchev–Trinajstić information content (AvgIpc) is 2.77. The highest BCUT2D eigenvalue weighted by atomic mass is 35.5. The molecule has 0 aliphatic carbocycles. The third-order valence-electron chi connectivity index (χ3n) is 2.80. The molecule has 1 aliphatic heterocycles. The lowest BCUT2D eigenvalue weighted by Crippen LogP contribution is -2.23. The lowest BCUT2D eigenvalue weighted by molar-refractivity contribution is -0.144. The van der Waals surface area contributed by atoms with Gasteiger partial charge in [-0.15, -0.1) is 0 Å². The Kier molecular flexibility index (Phi) is 3.29. The summed E-state index contributed by atoms with van der Waals surface area (Å²) in [6.07, 6.45) is 2.50. The van der Waals surface area contributed by atoms with Gasteiger partial charge in [-0.2, -0.15) is 0 Å². The molecule has 1 aliphatic rings. The first kappa shape index (κ1) is 11.2. The highest BCUT2D eigenvalue weighted by molar-refractivity contribution is 6.29. The quantitative estimate of drug-likeness (QED) is 0.583. The molecule has 4 nitrogen and oxygen atoms in total. The van der Waals surface area contributed by atoms with E-state index < -0.39 is 0 Å². The van der Waals surface area contributed by atoms with Crippen molar-refractivity contribution < 1.29 is 9.53 Å². The first-order valence-corrected chi connectivity index (χ1v) is 5.53. The van der Waals surface area contributed by atoms with Crippen LogP contribution in [0.4, 0.5) is 5.69 Å². The second-order valence-electron chi connectivity index (χ2n) is 3.79. The number of halogens is 1. The number of hydrogen-bond donors (Lipinski definition) is 0. The van der Waals surface area contributed by atoms with Crippen LogP contribution in [0.5, 0.6) is 0 Å². The summed E-state index contributed by atoms with van der Waals surface area (Å²) in [5.41, 5.74) is 1.01. The number of carbonyl (C=O) groups is 1. The Morgan fingerprint density at radius 1 is 1.69 bits per heavy atom. The van der Waals surface area contributed by atoms with Crippen molar-refractivity contribution in [1.82, 2.24) is 4.98 Å². The summed E-state index contributed by atoms with van der Waals surface area (Å²) in [6.45, 7) is 1.53. The highest BCUT2D eigenvalue weighted by Gasteiger charge is 2.29. The molecule has 0 saturated carbocycles. The van der Waals surface area contributed by atoms with E-state index in [-0.39, 0.29) is 11.9 Å². The summed E-state index contributed by atoms with van der Waals surface area (Å²) >= 11 is 5.82. The number of esters is 1. The Labute approximate surface area is 99.2 Å². The molecule has 86 valence electrons. The molecule has 1 saturated heterocycles. The Morgan fingerprint density at radius 2 is 2.50 bits per heavy atom. The highest BCUT2D eigenvalue weighted by Crippen LogP contribution is 2.25. The van der Waals surface area contributed by atoms with Gasteiger partial charge >= 0.3 is 5.97 Å². The first-order chi connectivity index (χ1) is 7.70. The zero-order valence-corrected chi connectivity index (χ0v) is 9.78. The van der Waals surface area contributed by atoms with Crippen LogP contribution in [-0.2, 0) is 9.53 Å². The predicted molar refractivity (Wildman–Crippen MR) is 61.6 cm³/mol. The zero-order chi connectivity index (χ0) is 11.5. The standard InChI is InChI=1S/C11H13ClN2O2/c1-16-11(15)8-3-5-14(7-8)9-2-4-13-10(12)6-9/h2,4,6,8H,3,5,7H2,1H3/t8-/m1/s1. The van der Waals surface area contributed by atoms with E-state index in [2.05, 4.69) is 9.88 Å². The van der Waals surface area contributed by atoms with Gasteiger partial charge in [0.15, 0.2) is 0 Å². The summed E-state index contributed by atoms with van der Waals surface area (Å²) in [4.78, 5) is 17.4. The topological polar surface area (TPSA) is 42.4 Å². The van der Waals surface area contributed by atoms with Crippen LogP contribution in [0.25, 0.3) is 0 Å². The number of hydrogen-bond acceptors (Lipinski definition) is 4. The lowest BCUT2D eigenvalue weighted by atomic mass is 10.1. The SMILES string of the molecule is COC(=O)[C@@H]1CCN(c2ccnc(Cl)c2)C1. The molecule has 2 rings (SSSR count). The van der Waals surface area contributed by atoms with Crippen molar-refractivity contribution in [2.24, 2.45) is 5.92 Å². The number of aromatic nitrogens is 1. The van der Waals surface area contributed by atoms with Gasteiger partial charge < -0.3 is 9.64 Å². The van der Waals surface area contributed by atoms with E-state index in [1.54, 1.807) is 12.3 Å². The molecule has 1 aromatic heterocycles. The Morgan fingerprint density at radius 3 is 3.19 bits per heavy atom. The van der Waals surface area contributed by atoms with Crippen LogP contribution in [-0.4, -0.2) is 31.2 Å². The molecule has 16 heavy (non-hydrogen) atoms. The minimum atomic E-state index is -0.136. The van der Waals surface area contributed by atoms with Gasteiger partial charge in [0.25, 0.3) is 0 Å². The van der Waals surface area contributed by atoms with Crippen molar-refractivity contribution in [1.29, 1.82) is 0 Å². The molecule has 0 radical (unpaired) electrons. The number of methoxy groups -OCH3 is 1. The smallest absolute Gasteiger partial charge is 0.310 e. The third kappa shape index (κ3) is 2.27. The van der Waals surface area contributed by atoms with Crippen LogP contribution in [0, 0.1) is 5.92 Å². The van der Waals surface area contributed by atoms with Crippen molar-refractivity contribution in [3.63, 3.8) is 0 Å². The van der Waals surface area contributed by atoms with E-state index in [0.717, 1.165) is 18.7 Å². The maximum absolute atomic E-state index is 11.4. The van der Waals surface area contributed by atoms with Crippen molar-refractivity contribution in [3.8, 4) is 0 Å². The molecule has 1 atom stereocenters. The van der Waals surface area contributed by atoms with Gasteiger partial charge in [-0.3, -0.25) is 4.79 Å². The number of rotatable bonds is 2.